The average molecular weight is 360 g/mol. The molecule has 2 heterocycles. The summed E-state index contributed by atoms with van der Waals surface area (Å²) >= 11 is 3.64. The van der Waals surface area contributed by atoms with Crippen LogP contribution >= 0.6 is 15.9 Å². The Bertz CT molecular complexity index is 439. The lowest BCUT2D eigenvalue weighted by atomic mass is 10.0. The SMILES string of the molecule is CCCNC(c1c(Br)cnn1CCOC)C1CCC(C)O1. The Balaban J connectivity index is 2.20. The second-order valence-corrected chi connectivity index (χ2v) is 6.44. The summed E-state index contributed by atoms with van der Waals surface area (Å²) in [4.78, 5) is 0. The number of ether oxygens (including phenoxy) is 2. The van der Waals surface area contributed by atoms with Gasteiger partial charge in [-0.25, -0.2) is 0 Å². The number of nitrogens with zero attached hydrogens (tertiary/aromatic N) is 2. The van der Waals surface area contributed by atoms with Crippen molar-refractivity contribution in [3.05, 3.63) is 16.4 Å². The second-order valence-electron chi connectivity index (χ2n) is 5.59. The molecule has 0 aromatic carbocycles. The minimum absolute atomic E-state index is 0.170. The third-order valence-corrected chi connectivity index (χ3v) is 4.50. The van der Waals surface area contributed by atoms with Crippen LogP contribution in [0.15, 0.2) is 10.7 Å². The Kier molecular flexibility index (Phi) is 6.67. The third kappa shape index (κ3) is 4.28. The van der Waals surface area contributed by atoms with Crippen molar-refractivity contribution in [2.45, 2.75) is 57.9 Å². The zero-order valence-corrected chi connectivity index (χ0v) is 14.7. The van der Waals surface area contributed by atoms with Gasteiger partial charge in [-0.2, -0.15) is 5.10 Å². The summed E-state index contributed by atoms with van der Waals surface area (Å²) in [5.41, 5.74) is 1.17. The lowest BCUT2D eigenvalue weighted by Crippen LogP contribution is -2.35. The van der Waals surface area contributed by atoms with Gasteiger partial charge >= 0.3 is 0 Å². The van der Waals surface area contributed by atoms with E-state index in [0.717, 1.165) is 36.8 Å². The second kappa shape index (κ2) is 8.27. The van der Waals surface area contributed by atoms with E-state index in [-0.39, 0.29) is 12.1 Å². The van der Waals surface area contributed by atoms with Gasteiger partial charge in [0.25, 0.3) is 0 Å². The predicted molar refractivity (Wildman–Crippen MR) is 86.4 cm³/mol. The van der Waals surface area contributed by atoms with Crippen molar-refractivity contribution >= 4 is 15.9 Å². The van der Waals surface area contributed by atoms with Crippen LogP contribution in [0.4, 0.5) is 0 Å². The topological polar surface area (TPSA) is 48.3 Å². The highest BCUT2D eigenvalue weighted by atomic mass is 79.9. The first-order valence-corrected chi connectivity index (χ1v) is 8.55. The molecule has 1 aromatic rings. The van der Waals surface area contributed by atoms with Crippen molar-refractivity contribution in [3.8, 4) is 0 Å². The summed E-state index contributed by atoms with van der Waals surface area (Å²) < 4.78 is 14.3. The molecule has 21 heavy (non-hydrogen) atoms. The van der Waals surface area contributed by atoms with Gasteiger partial charge in [-0.15, -0.1) is 0 Å². The van der Waals surface area contributed by atoms with Gasteiger partial charge in [-0.3, -0.25) is 4.68 Å². The quantitative estimate of drug-likeness (QED) is 0.775. The number of methoxy groups -OCH3 is 1. The largest absolute Gasteiger partial charge is 0.383 e. The van der Waals surface area contributed by atoms with Gasteiger partial charge in [0.05, 0.1) is 47.8 Å². The summed E-state index contributed by atoms with van der Waals surface area (Å²) in [5, 5.41) is 8.10. The van der Waals surface area contributed by atoms with E-state index in [0.29, 0.717) is 12.7 Å². The van der Waals surface area contributed by atoms with Crippen LogP contribution in [0.5, 0.6) is 0 Å². The first kappa shape index (κ1) is 16.9. The lowest BCUT2D eigenvalue weighted by Gasteiger charge is -2.26. The molecule has 3 unspecified atom stereocenters. The van der Waals surface area contributed by atoms with E-state index in [9.17, 15) is 0 Å². The summed E-state index contributed by atoms with van der Waals surface area (Å²) in [6, 6.07) is 0.170. The van der Waals surface area contributed by atoms with E-state index in [1.807, 2.05) is 10.9 Å². The fourth-order valence-electron chi connectivity index (χ4n) is 2.82. The molecule has 0 amide bonds. The molecule has 1 fully saturated rings. The van der Waals surface area contributed by atoms with Crippen molar-refractivity contribution in [3.63, 3.8) is 0 Å². The zero-order chi connectivity index (χ0) is 15.2. The molecule has 1 aliphatic heterocycles. The monoisotopic (exact) mass is 359 g/mol. The maximum absolute atomic E-state index is 6.10. The lowest BCUT2D eigenvalue weighted by molar-refractivity contribution is 0.0291. The smallest absolute Gasteiger partial charge is 0.0790 e. The number of hydrogen-bond acceptors (Lipinski definition) is 4. The molecule has 120 valence electrons. The standard InChI is InChI=1S/C15H26BrN3O2/c1-4-7-17-14(13-6-5-11(2)21-13)15-12(16)10-18-19(15)8-9-20-3/h10-11,13-14,17H,4-9H2,1-3H3. The first-order valence-electron chi connectivity index (χ1n) is 7.76. The maximum Gasteiger partial charge on any atom is 0.0790 e. The fourth-order valence-corrected chi connectivity index (χ4v) is 3.36. The summed E-state index contributed by atoms with van der Waals surface area (Å²) in [6.07, 6.45) is 5.73. The van der Waals surface area contributed by atoms with E-state index in [4.69, 9.17) is 9.47 Å². The van der Waals surface area contributed by atoms with Crippen LogP contribution in [0.2, 0.25) is 0 Å². The average Bonchev–Trinajstić information content (AvgIpc) is 3.05. The molecule has 1 N–H and O–H groups in total. The summed E-state index contributed by atoms with van der Waals surface area (Å²) in [6.45, 7) is 6.71. The number of nitrogens with one attached hydrogen (secondary N) is 1. The molecule has 1 saturated heterocycles. The van der Waals surface area contributed by atoms with Gasteiger partial charge in [0.2, 0.25) is 0 Å². The Hall–Kier alpha value is -0.430. The van der Waals surface area contributed by atoms with Crippen LogP contribution in [0, 0.1) is 0 Å². The number of aromatic nitrogens is 2. The third-order valence-electron chi connectivity index (χ3n) is 3.89. The highest BCUT2D eigenvalue weighted by Gasteiger charge is 2.33. The van der Waals surface area contributed by atoms with Crippen molar-refractivity contribution < 1.29 is 9.47 Å². The van der Waals surface area contributed by atoms with Crippen molar-refractivity contribution in [1.82, 2.24) is 15.1 Å². The molecule has 0 bridgehead atoms. The Morgan fingerprint density at radius 2 is 2.38 bits per heavy atom. The van der Waals surface area contributed by atoms with Crippen LogP contribution in [0.25, 0.3) is 0 Å². The van der Waals surface area contributed by atoms with Crippen molar-refractivity contribution in [2.24, 2.45) is 0 Å². The number of hydrogen-bond donors (Lipinski definition) is 1. The van der Waals surface area contributed by atoms with E-state index in [1.165, 1.54) is 5.69 Å². The van der Waals surface area contributed by atoms with Crippen LogP contribution in [0.3, 0.4) is 0 Å². The Morgan fingerprint density at radius 3 is 3.00 bits per heavy atom. The van der Waals surface area contributed by atoms with Gasteiger partial charge < -0.3 is 14.8 Å². The van der Waals surface area contributed by atoms with Crippen LogP contribution in [-0.4, -0.2) is 42.2 Å². The zero-order valence-electron chi connectivity index (χ0n) is 13.1. The fraction of sp³-hybridized carbons (Fsp3) is 0.800. The van der Waals surface area contributed by atoms with Crippen molar-refractivity contribution in [1.29, 1.82) is 0 Å². The molecular formula is C15H26BrN3O2. The molecule has 1 aliphatic rings. The molecule has 0 spiro atoms. The highest BCUT2D eigenvalue weighted by Crippen LogP contribution is 2.33. The molecule has 2 rings (SSSR count). The Morgan fingerprint density at radius 1 is 1.57 bits per heavy atom. The molecule has 3 atom stereocenters. The molecule has 0 saturated carbocycles. The van der Waals surface area contributed by atoms with E-state index < -0.39 is 0 Å². The normalized spacial score (nSPS) is 23.6. The molecule has 0 aliphatic carbocycles. The van der Waals surface area contributed by atoms with E-state index in [1.54, 1.807) is 7.11 Å². The van der Waals surface area contributed by atoms with Crippen molar-refractivity contribution in [2.75, 3.05) is 20.3 Å². The maximum atomic E-state index is 6.10. The van der Waals surface area contributed by atoms with Gasteiger partial charge in [0.15, 0.2) is 0 Å². The summed E-state index contributed by atoms with van der Waals surface area (Å²) in [5.74, 6) is 0. The molecule has 6 heteroatoms. The summed E-state index contributed by atoms with van der Waals surface area (Å²) in [7, 11) is 1.72. The van der Waals surface area contributed by atoms with Crippen LogP contribution in [0.1, 0.15) is 44.8 Å². The number of halogens is 1. The first-order chi connectivity index (χ1) is 10.2. The minimum Gasteiger partial charge on any atom is -0.383 e. The molecular weight excluding hydrogens is 334 g/mol. The van der Waals surface area contributed by atoms with E-state index in [2.05, 4.69) is 40.2 Å². The number of rotatable bonds is 8. The highest BCUT2D eigenvalue weighted by molar-refractivity contribution is 9.10. The molecule has 1 aromatic heterocycles. The molecule has 5 nitrogen and oxygen atoms in total. The van der Waals surface area contributed by atoms with Crippen LogP contribution < -0.4 is 5.32 Å². The van der Waals surface area contributed by atoms with Crippen LogP contribution in [-0.2, 0) is 16.0 Å². The molecule has 0 radical (unpaired) electrons. The van der Waals surface area contributed by atoms with Gasteiger partial charge in [-0.1, -0.05) is 6.92 Å². The van der Waals surface area contributed by atoms with Gasteiger partial charge in [-0.05, 0) is 48.7 Å². The van der Waals surface area contributed by atoms with Gasteiger partial charge in [0, 0.05) is 7.11 Å². The Labute approximate surface area is 135 Å². The van der Waals surface area contributed by atoms with E-state index >= 15 is 0 Å². The minimum atomic E-state index is 0.170. The predicted octanol–water partition coefficient (Wildman–Crippen LogP) is 2.90. The van der Waals surface area contributed by atoms with Gasteiger partial charge in [0.1, 0.15) is 0 Å².